The van der Waals surface area contributed by atoms with Crippen LogP contribution in [0.4, 0.5) is 0 Å². The number of ether oxygens (including phenoxy) is 2. The standard InChI is InChI=1S/C31H60O6/c32-26-20-14-10-16-22-28-36-30(34)24-18-12-8-6-4-2-1-3-5-7-9-13-19-25-31(35)37-29-23-17-11-15-21-27-33/h32-33H,1-29H2. The van der Waals surface area contributed by atoms with Crippen molar-refractivity contribution in [1.82, 2.24) is 0 Å². The second-order valence-corrected chi connectivity index (χ2v) is 10.5. The molecule has 0 aromatic rings. The number of hydrogen-bond acceptors (Lipinski definition) is 6. The Bertz CT molecular complexity index is 440. The predicted octanol–water partition coefficient (Wildman–Crippen LogP) is 7.81. The van der Waals surface area contributed by atoms with Crippen molar-refractivity contribution in [1.29, 1.82) is 0 Å². The fraction of sp³-hybridized carbons (Fsp3) is 0.935. The monoisotopic (exact) mass is 528 g/mol. The van der Waals surface area contributed by atoms with Crippen molar-refractivity contribution < 1.29 is 29.3 Å². The second kappa shape index (κ2) is 31.1. The van der Waals surface area contributed by atoms with Crippen molar-refractivity contribution in [3.8, 4) is 0 Å². The smallest absolute Gasteiger partial charge is 0.305 e. The zero-order chi connectivity index (χ0) is 27.1. The van der Waals surface area contributed by atoms with Crippen LogP contribution in [0.5, 0.6) is 0 Å². The molecule has 0 rings (SSSR count). The van der Waals surface area contributed by atoms with Crippen LogP contribution in [0.1, 0.15) is 161 Å². The summed E-state index contributed by atoms with van der Waals surface area (Å²) in [6.07, 6.45) is 26.8. The summed E-state index contributed by atoms with van der Waals surface area (Å²) in [7, 11) is 0. The van der Waals surface area contributed by atoms with Gasteiger partial charge in [-0.15, -0.1) is 0 Å². The second-order valence-electron chi connectivity index (χ2n) is 10.5. The number of aliphatic hydroxyl groups is 2. The number of hydrogen-bond donors (Lipinski definition) is 2. The molecule has 37 heavy (non-hydrogen) atoms. The zero-order valence-electron chi connectivity index (χ0n) is 24.0. The lowest BCUT2D eigenvalue weighted by molar-refractivity contribution is -0.144. The first-order valence-corrected chi connectivity index (χ1v) is 15.7. The molecule has 2 N–H and O–H groups in total. The molecule has 0 spiro atoms. The van der Waals surface area contributed by atoms with Crippen molar-refractivity contribution in [2.24, 2.45) is 0 Å². The lowest BCUT2D eigenvalue weighted by Crippen LogP contribution is -2.05. The van der Waals surface area contributed by atoms with Gasteiger partial charge in [0.2, 0.25) is 0 Å². The van der Waals surface area contributed by atoms with Crippen LogP contribution in [0.15, 0.2) is 0 Å². The van der Waals surface area contributed by atoms with E-state index in [1.807, 2.05) is 0 Å². The van der Waals surface area contributed by atoms with Crippen LogP contribution in [-0.2, 0) is 19.1 Å². The largest absolute Gasteiger partial charge is 0.466 e. The fourth-order valence-electron chi connectivity index (χ4n) is 4.49. The topological polar surface area (TPSA) is 93.1 Å². The quantitative estimate of drug-likeness (QED) is 0.0729. The van der Waals surface area contributed by atoms with Crippen molar-refractivity contribution >= 4 is 11.9 Å². The van der Waals surface area contributed by atoms with Gasteiger partial charge in [-0.25, -0.2) is 0 Å². The molecule has 0 fully saturated rings. The highest BCUT2D eigenvalue weighted by Crippen LogP contribution is 2.14. The van der Waals surface area contributed by atoms with E-state index in [-0.39, 0.29) is 25.2 Å². The maximum Gasteiger partial charge on any atom is 0.305 e. The van der Waals surface area contributed by atoms with Gasteiger partial charge in [0, 0.05) is 26.1 Å². The third-order valence-electron chi connectivity index (χ3n) is 6.89. The van der Waals surface area contributed by atoms with Gasteiger partial charge in [0.25, 0.3) is 0 Å². The average Bonchev–Trinajstić information content (AvgIpc) is 2.89. The summed E-state index contributed by atoms with van der Waals surface area (Å²) >= 11 is 0. The highest BCUT2D eigenvalue weighted by molar-refractivity contribution is 5.69. The highest BCUT2D eigenvalue weighted by atomic mass is 16.5. The molecule has 0 amide bonds. The van der Waals surface area contributed by atoms with E-state index >= 15 is 0 Å². The van der Waals surface area contributed by atoms with Gasteiger partial charge in [0.1, 0.15) is 0 Å². The Balaban J connectivity index is 3.19. The van der Waals surface area contributed by atoms with Gasteiger partial charge >= 0.3 is 11.9 Å². The summed E-state index contributed by atoms with van der Waals surface area (Å²) in [5.74, 6) is -0.0974. The molecular formula is C31H60O6. The molecule has 0 atom stereocenters. The number of aliphatic hydroxyl groups excluding tert-OH is 2. The molecule has 6 nitrogen and oxygen atoms in total. The molecule has 0 unspecified atom stereocenters. The van der Waals surface area contributed by atoms with Crippen molar-refractivity contribution in [2.75, 3.05) is 26.4 Å². The minimum absolute atomic E-state index is 0.0487. The van der Waals surface area contributed by atoms with Gasteiger partial charge in [0.05, 0.1) is 13.2 Å². The lowest BCUT2D eigenvalue weighted by atomic mass is 10.0. The van der Waals surface area contributed by atoms with Crippen molar-refractivity contribution in [3.05, 3.63) is 0 Å². The molecule has 0 saturated heterocycles. The number of rotatable bonds is 30. The Morgan fingerprint density at radius 3 is 0.892 bits per heavy atom. The average molecular weight is 529 g/mol. The maximum absolute atomic E-state index is 11.7. The van der Waals surface area contributed by atoms with E-state index < -0.39 is 0 Å². The molecule has 0 aliphatic rings. The fourth-order valence-corrected chi connectivity index (χ4v) is 4.49. The predicted molar refractivity (Wildman–Crippen MR) is 152 cm³/mol. The SMILES string of the molecule is O=C(CCCCCCCCCCCCCCCC(=O)OCCCCCCCO)OCCCCCCCO. The van der Waals surface area contributed by atoms with Crippen molar-refractivity contribution in [2.45, 2.75) is 161 Å². The molecule has 0 saturated carbocycles. The van der Waals surface area contributed by atoms with Crippen LogP contribution in [-0.4, -0.2) is 48.6 Å². The van der Waals surface area contributed by atoms with Gasteiger partial charge in [-0.1, -0.05) is 109 Å². The lowest BCUT2D eigenvalue weighted by Gasteiger charge is -2.06. The normalized spacial score (nSPS) is 11.1. The van der Waals surface area contributed by atoms with E-state index in [1.165, 1.54) is 57.8 Å². The van der Waals surface area contributed by atoms with E-state index in [2.05, 4.69) is 0 Å². The van der Waals surface area contributed by atoms with Crippen LogP contribution in [0.2, 0.25) is 0 Å². The zero-order valence-corrected chi connectivity index (χ0v) is 24.0. The van der Waals surface area contributed by atoms with Crippen molar-refractivity contribution in [3.63, 3.8) is 0 Å². The maximum atomic E-state index is 11.7. The number of unbranched alkanes of at least 4 members (excludes halogenated alkanes) is 20. The molecule has 6 heteroatoms. The Morgan fingerprint density at radius 1 is 0.351 bits per heavy atom. The van der Waals surface area contributed by atoms with Crippen LogP contribution >= 0.6 is 0 Å². The van der Waals surface area contributed by atoms with Crippen LogP contribution in [0.25, 0.3) is 0 Å². The highest BCUT2D eigenvalue weighted by Gasteiger charge is 2.04. The summed E-state index contributed by atoms with van der Waals surface area (Å²) in [6, 6.07) is 0. The van der Waals surface area contributed by atoms with E-state index in [0.717, 1.165) is 89.9 Å². The molecule has 0 heterocycles. The summed E-state index contributed by atoms with van der Waals surface area (Å²) in [6.45, 7) is 1.63. The van der Waals surface area contributed by atoms with Gasteiger partial charge in [0.15, 0.2) is 0 Å². The summed E-state index contributed by atoms with van der Waals surface area (Å²) in [5, 5.41) is 17.5. The first kappa shape index (κ1) is 35.9. The van der Waals surface area contributed by atoms with Crippen LogP contribution in [0.3, 0.4) is 0 Å². The molecular weight excluding hydrogens is 468 g/mol. The molecule has 0 bridgehead atoms. The van der Waals surface area contributed by atoms with E-state index in [9.17, 15) is 9.59 Å². The van der Waals surface area contributed by atoms with E-state index in [4.69, 9.17) is 19.7 Å². The Kier molecular flexibility index (Phi) is 30.1. The Hall–Kier alpha value is -1.14. The third-order valence-corrected chi connectivity index (χ3v) is 6.89. The van der Waals surface area contributed by atoms with E-state index in [0.29, 0.717) is 26.1 Å². The summed E-state index contributed by atoms with van der Waals surface area (Å²) in [5.41, 5.74) is 0. The summed E-state index contributed by atoms with van der Waals surface area (Å²) in [4.78, 5) is 23.5. The molecule has 0 radical (unpaired) electrons. The van der Waals surface area contributed by atoms with Gasteiger partial charge in [-0.05, 0) is 38.5 Å². The van der Waals surface area contributed by atoms with Gasteiger partial charge in [-0.2, -0.15) is 0 Å². The molecule has 0 aliphatic carbocycles. The first-order valence-electron chi connectivity index (χ1n) is 15.7. The molecule has 0 aliphatic heterocycles. The Labute approximate surface area is 228 Å². The van der Waals surface area contributed by atoms with E-state index in [1.54, 1.807) is 0 Å². The van der Waals surface area contributed by atoms with Gasteiger partial charge < -0.3 is 19.7 Å². The third kappa shape index (κ3) is 31.0. The van der Waals surface area contributed by atoms with Crippen LogP contribution in [0, 0.1) is 0 Å². The first-order chi connectivity index (χ1) is 18.2. The minimum Gasteiger partial charge on any atom is -0.466 e. The Morgan fingerprint density at radius 2 is 0.595 bits per heavy atom. The number of carbonyl (C=O) groups excluding carboxylic acids is 2. The molecule has 0 aromatic heterocycles. The number of esters is 2. The van der Waals surface area contributed by atoms with Crippen LogP contribution < -0.4 is 0 Å². The summed E-state index contributed by atoms with van der Waals surface area (Å²) < 4.78 is 10.6. The number of carbonyl (C=O) groups is 2. The van der Waals surface area contributed by atoms with Gasteiger partial charge in [-0.3, -0.25) is 9.59 Å². The minimum atomic E-state index is -0.0487. The molecule has 0 aromatic carbocycles. The molecule has 220 valence electrons.